The molecule has 0 saturated heterocycles. The molecular weight excluding hydrogens is 312 g/mol. The Morgan fingerprint density at radius 2 is 2.33 bits per heavy atom. The van der Waals surface area contributed by atoms with Crippen molar-refractivity contribution in [2.75, 3.05) is 10.6 Å². The summed E-state index contributed by atoms with van der Waals surface area (Å²) in [6, 6.07) is 3.33. The number of benzene rings is 1. The highest BCUT2D eigenvalue weighted by molar-refractivity contribution is 7.09. The van der Waals surface area contributed by atoms with Crippen LogP contribution in [0, 0.1) is 0 Å². The number of anilines is 2. The predicted molar refractivity (Wildman–Crippen MR) is 81.7 cm³/mol. The van der Waals surface area contributed by atoms with Gasteiger partial charge in [0.25, 0.3) is 5.91 Å². The Morgan fingerprint density at radius 3 is 3.05 bits per heavy atom. The molecule has 108 valence electrons. The fraction of sp³-hybridized carbons (Fsp3) is 0.154. The number of hydrogen-bond acceptors (Lipinski definition) is 5. The van der Waals surface area contributed by atoms with Gasteiger partial charge in [0.2, 0.25) is 5.91 Å². The van der Waals surface area contributed by atoms with Crippen LogP contribution in [-0.4, -0.2) is 16.8 Å². The lowest BCUT2D eigenvalue weighted by atomic mass is 10.1. The van der Waals surface area contributed by atoms with Crippen molar-refractivity contribution in [3.8, 4) is 0 Å². The third-order valence-electron chi connectivity index (χ3n) is 3.03. The summed E-state index contributed by atoms with van der Waals surface area (Å²) >= 11 is 7.44. The number of thiazole rings is 1. The molecule has 1 aromatic carbocycles. The average Bonchev–Trinajstić information content (AvgIpc) is 3.04. The first-order valence-corrected chi connectivity index (χ1v) is 7.40. The Bertz CT molecular complexity index is 744. The summed E-state index contributed by atoms with van der Waals surface area (Å²) in [7, 11) is 0. The summed E-state index contributed by atoms with van der Waals surface area (Å²) in [5, 5.41) is 8.09. The van der Waals surface area contributed by atoms with Gasteiger partial charge >= 0.3 is 0 Å². The Kier molecular flexibility index (Phi) is 3.62. The minimum absolute atomic E-state index is 0.0865. The number of amides is 2. The zero-order chi connectivity index (χ0) is 15.0. The van der Waals surface area contributed by atoms with Gasteiger partial charge in [0, 0.05) is 17.6 Å². The normalized spacial score (nSPS) is 13.0. The number of nitrogens with one attached hydrogen (secondary N) is 2. The van der Waals surface area contributed by atoms with Crippen molar-refractivity contribution in [2.45, 2.75) is 13.0 Å². The molecule has 0 bridgehead atoms. The molecule has 8 heteroatoms. The van der Waals surface area contributed by atoms with Gasteiger partial charge < -0.3 is 16.4 Å². The van der Waals surface area contributed by atoms with E-state index in [2.05, 4.69) is 15.6 Å². The van der Waals surface area contributed by atoms with Crippen molar-refractivity contribution >= 4 is 46.1 Å². The van der Waals surface area contributed by atoms with Gasteiger partial charge in [-0.25, -0.2) is 4.98 Å². The average molecular weight is 323 g/mol. The van der Waals surface area contributed by atoms with Crippen molar-refractivity contribution in [1.82, 2.24) is 4.98 Å². The molecule has 2 heterocycles. The first-order valence-electron chi connectivity index (χ1n) is 6.15. The molecule has 0 unspecified atom stereocenters. The second-order valence-electron chi connectivity index (χ2n) is 4.50. The van der Waals surface area contributed by atoms with Gasteiger partial charge in [0.05, 0.1) is 17.1 Å². The zero-order valence-electron chi connectivity index (χ0n) is 10.8. The minimum Gasteiger partial charge on any atom is -0.325 e. The number of carbonyl (C=O) groups is 2. The predicted octanol–water partition coefficient (Wildman–Crippen LogP) is 2.00. The van der Waals surface area contributed by atoms with E-state index in [1.165, 1.54) is 11.3 Å². The maximum Gasteiger partial charge on any atom is 0.275 e. The molecule has 0 saturated carbocycles. The van der Waals surface area contributed by atoms with Crippen LogP contribution < -0.4 is 16.4 Å². The summed E-state index contributed by atoms with van der Waals surface area (Å²) in [4.78, 5) is 27.6. The molecule has 2 aromatic rings. The molecule has 1 aromatic heterocycles. The molecule has 0 aliphatic carbocycles. The number of rotatable bonds is 3. The maximum absolute atomic E-state index is 12.1. The topological polar surface area (TPSA) is 97.1 Å². The molecule has 0 radical (unpaired) electrons. The standard InChI is InChI=1S/C13H11ClN4O2S/c14-7-3-8-6(2-11(19)16-8)1-9(7)18-13(20)10-5-21-12(4-15)17-10/h1,3,5H,2,4,15H2,(H,16,19)(H,18,20). The summed E-state index contributed by atoms with van der Waals surface area (Å²) in [5.41, 5.74) is 7.71. The lowest BCUT2D eigenvalue weighted by Gasteiger charge is -2.08. The third-order valence-corrected chi connectivity index (χ3v) is 4.21. The number of nitrogens with zero attached hydrogens (tertiary/aromatic N) is 1. The van der Waals surface area contributed by atoms with E-state index in [9.17, 15) is 9.59 Å². The van der Waals surface area contributed by atoms with Crippen LogP contribution in [0.5, 0.6) is 0 Å². The van der Waals surface area contributed by atoms with Crippen LogP contribution in [0.15, 0.2) is 17.5 Å². The fourth-order valence-corrected chi connectivity index (χ4v) is 2.90. The Hall–Kier alpha value is -1.96. The second-order valence-corrected chi connectivity index (χ2v) is 5.85. The van der Waals surface area contributed by atoms with E-state index >= 15 is 0 Å². The van der Waals surface area contributed by atoms with Gasteiger partial charge in [-0.2, -0.15) is 0 Å². The van der Waals surface area contributed by atoms with Crippen molar-refractivity contribution < 1.29 is 9.59 Å². The molecule has 0 spiro atoms. The van der Waals surface area contributed by atoms with Crippen molar-refractivity contribution in [2.24, 2.45) is 5.73 Å². The molecule has 0 fully saturated rings. The van der Waals surface area contributed by atoms with Crippen molar-refractivity contribution in [3.63, 3.8) is 0 Å². The number of fused-ring (bicyclic) bond motifs is 1. The molecule has 0 atom stereocenters. The molecular formula is C13H11ClN4O2S. The molecule has 4 N–H and O–H groups in total. The minimum atomic E-state index is -0.356. The molecule has 3 rings (SSSR count). The lowest BCUT2D eigenvalue weighted by molar-refractivity contribution is -0.115. The number of nitrogens with two attached hydrogens (primary N) is 1. The lowest BCUT2D eigenvalue weighted by Crippen LogP contribution is -2.13. The first-order chi connectivity index (χ1) is 10.1. The van der Waals surface area contributed by atoms with Gasteiger partial charge in [-0.15, -0.1) is 11.3 Å². The number of aromatic nitrogens is 1. The maximum atomic E-state index is 12.1. The third kappa shape index (κ3) is 2.76. The van der Waals surface area contributed by atoms with Crippen molar-refractivity contribution in [1.29, 1.82) is 0 Å². The van der Waals surface area contributed by atoms with Gasteiger partial charge in [0.1, 0.15) is 10.7 Å². The highest BCUT2D eigenvalue weighted by Crippen LogP contribution is 2.33. The molecule has 1 aliphatic rings. The Balaban J connectivity index is 1.83. The van der Waals surface area contributed by atoms with Crippen LogP contribution in [0.4, 0.5) is 11.4 Å². The number of carbonyl (C=O) groups excluding carboxylic acids is 2. The van der Waals surface area contributed by atoms with Gasteiger partial charge in [-0.05, 0) is 17.7 Å². The summed E-state index contributed by atoms with van der Waals surface area (Å²) in [6.07, 6.45) is 0.281. The highest BCUT2D eigenvalue weighted by Gasteiger charge is 2.21. The number of hydrogen-bond donors (Lipinski definition) is 3. The van der Waals surface area contributed by atoms with E-state index in [1.54, 1.807) is 17.5 Å². The van der Waals surface area contributed by atoms with Crippen molar-refractivity contribution in [3.05, 3.63) is 38.8 Å². The van der Waals surface area contributed by atoms with Crippen LogP contribution in [0.2, 0.25) is 5.02 Å². The van der Waals surface area contributed by atoms with E-state index < -0.39 is 0 Å². The van der Waals surface area contributed by atoms with E-state index in [-0.39, 0.29) is 18.2 Å². The summed E-state index contributed by atoms with van der Waals surface area (Å²) in [5.74, 6) is -0.443. The zero-order valence-corrected chi connectivity index (χ0v) is 12.3. The van der Waals surface area contributed by atoms with Gasteiger partial charge in [-0.3, -0.25) is 9.59 Å². The van der Waals surface area contributed by atoms with Crippen LogP contribution in [0.25, 0.3) is 0 Å². The quantitative estimate of drug-likeness (QED) is 0.805. The Morgan fingerprint density at radius 1 is 1.52 bits per heavy atom. The fourth-order valence-electron chi connectivity index (χ4n) is 2.04. The monoisotopic (exact) mass is 322 g/mol. The van der Waals surface area contributed by atoms with Crippen LogP contribution in [0.3, 0.4) is 0 Å². The first kappa shape index (κ1) is 14.0. The van der Waals surface area contributed by atoms with E-state index in [0.717, 1.165) is 5.56 Å². The van der Waals surface area contributed by atoms with E-state index in [1.807, 2.05) is 0 Å². The number of halogens is 1. The van der Waals surface area contributed by atoms with Crippen LogP contribution in [0.1, 0.15) is 21.1 Å². The molecule has 1 aliphatic heterocycles. The van der Waals surface area contributed by atoms with Gasteiger partial charge in [0.15, 0.2) is 0 Å². The van der Waals surface area contributed by atoms with E-state index in [0.29, 0.717) is 33.6 Å². The second kappa shape index (κ2) is 5.44. The summed E-state index contributed by atoms with van der Waals surface area (Å²) in [6.45, 7) is 0.297. The molecule has 2 amide bonds. The summed E-state index contributed by atoms with van der Waals surface area (Å²) < 4.78 is 0. The molecule has 6 nitrogen and oxygen atoms in total. The highest BCUT2D eigenvalue weighted by atomic mass is 35.5. The van der Waals surface area contributed by atoms with Crippen LogP contribution >= 0.6 is 22.9 Å². The largest absolute Gasteiger partial charge is 0.325 e. The Labute approximate surface area is 129 Å². The van der Waals surface area contributed by atoms with Crippen LogP contribution in [-0.2, 0) is 17.8 Å². The SMILES string of the molecule is NCc1nc(C(=O)Nc2cc3c(cc2Cl)NC(=O)C3)cs1. The van der Waals surface area contributed by atoms with E-state index in [4.69, 9.17) is 17.3 Å². The smallest absolute Gasteiger partial charge is 0.275 e. The molecule has 21 heavy (non-hydrogen) atoms. The van der Waals surface area contributed by atoms with Gasteiger partial charge in [-0.1, -0.05) is 11.6 Å².